The molecule has 0 aliphatic heterocycles. The van der Waals surface area contributed by atoms with E-state index in [0.717, 1.165) is 19.4 Å². The molecule has 0 aromatic heterocycles. The molecule has 0 bridgehead atoms. The zero-order valence-electron chi connectivity index (χ0n) is 18.7. The summed E-state index contributed by atoms with van der Waals surface area (Å²) >= 11 is 0. The van der Waals surface area contributed by atoms with Crippen LogP contribution >= 0.6 is 0 Å². The molecule has 162 valence electrons. The fraction of sp³-hybridized carbons (Fsp3) is 1.00. The molecule has 0 unspecified atom stereocenters. The lowest BCUT2D eigenvalue weighted by atomic mass is 10.0. The van der Waals surface area contributed by atoms with Gasteiger partial charge >= 0.3 is 0 Å². The molecular weight excluding hydrogens is 330 g/mol. The first-order valence-electron chi connectivity index (χ1n) is 12.7. The first kappa shape index (κ1) is 25.0. The second-order valence-electron chi connectivity index (χ2n) is 9.18. The highest BCUT2D eigenvalue weighted by Crippen LogP contribution is 2.24. The van der Waals surface area contributed by atoms with Gasteiger partial charge in [-0.1, -0.05) is 116 Å². The Kier molecular flexibility index (Phi) is 16.6. The van der Waals surface area contributed by atoms with Crippen LogP contribution in [-0.4, -0.2) is 17.4 Å². The third-order valence-electron chi connectivity index (χ3n) is 6.42. The van der Waals surface area contributed by atoms with Gasteiger partial charge in [0.1, 0.15) is 5.72 Å². The Balaban J connectivity index is 1.74. The van der Waals surface area contributed by atoms with Crippen molar-refractivity contribution >= 4 is 0 Å². The minimum absolute atomic E-state index is 0.550. The van der Waals surface area contributed by atoms with Crippen LogP contribution < -0.4 is 5.32 Å². The molecule has 0 aromatic rings. The highest BCUT2D eigenvalue weighted by molar-refractivity contribution is 4.78. The standard InChI is InChI=1S/C25H51NO/c1-2-3-4-5-6-7-8-9-10-11-12-13-14-15-18-21-24-26-25(27)22-19-16-17-20-23-25/h26-27H,2-24H2,1H3. The van der Waals surface area contributed by atoms with Crippen LogP contribution in [0.15, 0.2) is 0 Å². The molecule has 0 atom stereocenters. The number of unbranched alkanes of at least 4 members (excludes halogenated alkanes) is 15. The van der Waals surface area contributed by atoms with E-state index in [0.29, 0.717) is 0 Å². The molecule has 2 heteroatoms. The molecule has 0 spiro atoms. The predicted molar refractivity (Wildman–Crippen MR) is 120 cm³/mol. The van der Waals surface area contributed by atoms with E-state index in [1.54, 1.807) is 0 Å². The van der Waals surface area contributed by atoms with E-state index in [-0.39, 0.29) is 0 Å². The van der Waals surface area contributed by atoms with E-state index >= 15 is 0 Å². The van der Waals surface area contributed by atoms with Crippen LogP contribution in [-0.2, 0) is 0 Å². The normalized spacial score (nSPS) is 17.1. The Morgan fingerprint density at radius 1 is 0.556 bits per heavy atom. The number of nitrogens with one attached hydrogen (secondary N) is 1. The Morgan fingerprint density at radius 3 is 1.33 bits per heavy atom. The monoisotopic (exact) mass is 381 g/mol. The molecule has 0 amide bonds. The van der Waals surface area contributed by atoms with Crippen LogP contribution in [0.4, 0.5) is 0 Å². The second kappa shape index (κ2) is 18.0. The molecule has 1 aliphatic rings. The molecule has 1 saturated carbocycles. The van der Waals surface area contributed by atoms with Gasteiger partial charge in [0.05, 0.1) is 0 Å². The van der Waals surface area contributed by atoms with Gasteiger partial charge in [0, 0.05) is 0 Å². The van der Waals surface area contributed by atoms with Gasteiger partial charge in [-0.05, 0) is 38.6 Å². The van der Waals surface area contributed by atoms with Gasteiger partial charge in [-0.2, -0.15) is 0 Å². The summed E-state index contributed by atoms with van der Waals surface area (Å²) < 4.78 is 0. The van der Waals surface area contributed by atoms with E-state index in [2.05, 4.69) is 12.2 Å². The maximum absolute atomic E-state index is 10.6. The fourth-order valence-electron chi connectivity index (χ4n) is 4.48. The van der Waals surface area contributed by atoms with E-state index < -0.39 is 5.72 Å². The minimum Gasteiger partial charge on any atom is -0.376 e. The van der Waals surface area contributed by atoms with Crippen molar-refractivity contribution in [1.82, 2.24) is 5.32 Å². The summed E-state index contributed by atoms with van der Waals surface area (Å²) in [5, 5.41) is 14.0. The van der Waals surface area contributed by atoms with Gasteiger partial charge in [-0.3, -0.25) is 5.32 Å². The molecule has 27 heavy (non-hydrogen) atoms. The lowest BCUT2D eigenvalue weighted by Crippen LogP contribution is -2.45. The van der Waals surface area contributed by atoms with Crippen molar-refractivity contribution in [2.75, 3.05) is 6.54 Å². The predicted octanol–water partition coefficient (Wildman–Crippen LogP) is 7.88. The molecular formula is C25H51NO. The zero-order valence-corrected chi connectivity index (χ0v) is 18.7. The van der Waals surface area contributed by atoms with E-state index in [1.165, 1.54) is 128 Å². The fourth-order valence-corrected chi connectivity index (χ4v) is 4.48. The summed E-state index contributed by atoms with van der Waals surface area (Å²) in [6.45, 7) is 3.29. The van der Waals surface area contributed by atoms with Crippen LogP contribution in [0, 0.1) is 0 Å². The van der Waals surface area contributed by atoms with Gasteiger partial charge < -0.3 is 5.11 Å². The summed E-state index contributed by atoms with van der Waals surface area (Å²) in [5.41, 5.74) is -0.550. The summed E-state index contributed by atoms with van der Waals surface area (Å²) in [4.78, 5) is 0. The summed E-state index contributed by atoms with van der Waals surface area (Å²) in [5.74, 6) is 0. The topological polar surface area (TPSA) is 32.3 Å². The quantitative estimate of drug-likeness (QED) is 0.144. The number of aliphatic hydroxyl groups is 1. The smallest absolute Gasteiger partial charge is 0.116 e. The highest BCUT2D eigenvalue weighted by Gasteiger charge is 2.26. The molecule has 0 aromatic carbocycles. The first-order valence-corrected chi connectivity index (χ1v) is 12.7. The summed E-state index contributed by atoms with van der Waals surface area (Å²) in [6.07, 6.45) is 29.5. The van der Waals surface area contributed by atoms with Gasteiger partial charge in [-0.15, -0.1) is 0 Å². The number of rotatable bonds is 18. The van der Waals surface area contributed by atoms with E-state index in [9.17, 15) is 5.11 Å². The summed E-state index contributed by atoms with van der Waals surface area (Å²) in [6, 6.07) is 0. The molecule has 2 nitrogen and oxygen atoms in total. The van der Waals surface area contributed by atoms with Crippen LogP contribution in [0.5, 0.6) is 0 Å². The molecule has 1 fully saturated rings. The van der Waals surface area contributed by atoms with Gasteiger partial charge in [0.15, 0.2) is 0 Å². The maximum atomic E-state index is 10.6. The average Bonchev–Trinajstić information content (AvgIpc) is 2.89. The van der Waals surface area contributed by atoms with Crippen LogP contribution in [0.3, 0.4) is 0 Å². The van der Waals surface area contributed by atoms with Crippen molar-refractivity contribution < 1.29 is 5.11 Å². The van der Waals surface area contributed by atoms with E-state index in [4.69, 9.17) is 0 Å². The lowest BCUT2D eigenvalue weighted by Gasteiger charge is -2.28. The average molecular weight is 382 g/mol. The molecule has 0 heterocycles. The van der Waals surface area contributed by atoms with Crippen molar-refractivity contribution in [3.63, 3.8) is 0 Å². The third kappa shape index (κ3) is 15.5. The summed E-state index contributed by atoms with van der Waals surface area (Å²) in [7, 11) is 0. The van der Waals surface area contributed by atoms with E-state index in [1.807, 2.05) is 0 Å². The number of hydrogen-bond donors (Lipinski definition) is 2. The lowest BCUT2D eigenvalue weighted by molar-refractivity contribution is -0.00906. The second-order valence-corrected chi connectivity index (χ2v) is 9.18. The molecule has 0 saturated heterocycles. The van der Waals surface area contributed by atoms with Crippen molar-refractivity contribution in [1.29, 1.82) is 0 Å². The van der Waals surface area contributed by atoms with Crippen molar-refractivity contribution in [3.05, 3.63) is 0 Å². The SMILES string of the molecule is CCCCCCCCCCCCCCCCCCNC1(O)CCCCCC1. The largest absolute Gasteiger partial charge is 0.376 e. The Bertz CT molecular complexity index is 297. The Hall–Kier alpha value is -0.0800. The first-order chi connectivity index (χ1) is 13.3. The number of hydrogen-bond acceptors (Lipinski definition) is 2. The van der Waals surface area contributed by atoms with Crippen molar-refractivity contribution in [2.24, 2.45) is 0 Å². The van der Waals surface area contributed by atoms with Gasteiger partial charge in [-0.25, -0.2) is 0 Å². The van der Waals surface area contributed by atoms with Crippen molar-refractivity contribution in [2.45, 2.75) is 154 Å². The Labute approximate surface area is 171 Å². The van der Waals surface area contributed by atoms with Crippen LogP contribution in [0.2, 0.25) is 0 Å². The zero-order chi connectivity index (χ0) is 19.5. The molecule has 2 N–H and O–H groups in total. The van der Waals surface area contributed by atoms with Gasteiger partial charge in [0.2, 0.25) is 0 Å². The molecule has 1 rings (SSSR count). The maximum Gasteiger partial charge on any atom is 0.116 e. The minimum atomic E-state index is -0.550. The molecule has 1 aliphatic carbocycles. The van der Waals surface area contributed by atoms with Crippen LogP contribution in [0.1, 0.15) is 148 Å². The highest BCUT2D eigenvalue weighted by atomic mass is 16.3. The molecule has 0 radical (unpaired) electrons. The van der Waals surface area contributed by atoms with Gasteiger partial charge in [0.25, 0.3) is 0 Å². The van der Waals surface area contributed by atoms with Crippen molar-refractivity contribution in [3.8, 4) is 0 Å². The van der Waals surface area contributed by atoms with Crippen LogP contribution in [0.25, 0.3) is 0 Å². The third-order valence-corrected chi connectivity index (χ3v) is 6.42. The Morgan fingerprint density at radius 2 is 0.926 bits per heavy atom.